The van der Waals surface area contributed by atoms with Crippen molar-refractivity contribution in [3.8, 4) is 0 Å². The Hall–Kier alpha value is 0.01000. The Bertz CT molecular complexity index is 190. The molecule has 0 fully saturated rings. The maximum absolute atomic E-state index is 11.4. The van der Waals surface area contributed by atoms with Gasteiger partial charge in [-0.3, -0.25) is 0 Å². The van der Waals surface area contributed by atoms with Gasteiger partial charge in [0.1, 0.15) is 0 Å². The summed E-state index contributed by atoms with van der Waals surface area (Å²) in [7, 11) is 0. The van der Waals surface area contributed by atoms with E-state index in [1.165, 1.54) is 0 Å². The summed E-state index contributed by atoms with van der Waals surface area (Å²) < 4.78 is 10.9. The summed E-state index contributed by atoms with van der Waals surface area (Å²) in [5.74, 6) is 0.447. The van der Waals surface area contributed by atoms with E-state index in [4.69, 9.17) is 5.14 Å². The third kappa shape index (κ3) is 3.30. The maximum Gasteiger partial charge on any atom is 0.160 e. The Labute approximate surface area is 91.3 Å². The van der Waals surface area contributed by atoms with Gasteiger partial charge in [0.15, 0.2) is 4.75 Å². The van der Waals surface area contributed by atoms with Crippen molar-refractivity contribution in [2.24, 2.45) is 11.1 Å². The highest BCUT2D eigenvalue weighted by Gasteiger charge is 2.36. The molecule has 0 radical (unpaired) electrons. The highest BCUT2D eigenvalue weighted by atomic mass is 32.2. The molecule has 0 aromatic carbocycles. The molecule has 3 heteroatoms. The van der Waals surface area contributed by atoms with Crippen LogP contribution in [-0.4, -0.2) is 9.30 Å². The molecule has 2 N–H and O–H groups in total. The van der Waals surface area contributed by atoms with E-state index < -0.39 is 16.1 Å². The second-order valence-electron chi connectivity index (χ2n) is 4.23. The van der Waals surface area contributed by atoms with Crippen LogP contribution in [0.1, 0.15) is 47.0 Å². The van der Waals surface area contributed by atoms with Gasteiger partial charge in [-0.15, -0.1) is 0 Å². The fraction of sp³-hybridized carbons (Fsp3) is 0.818. The summed E-state index contributed by atoms with van der Waals surface area (Å²) in [4.78, 5) is 0. The summed E-state index contributed by atoms with van der Waals surface area (Å²) in [6.45, 7) is 12.2. The Balaban J connectivity index is 4.56. The molecule has 0 aliphatic carbocycles. The molecule has 84 valence electrons. The number of hydrogen-bond acceptors (Lipinski definition) is 2. The van der Waals surface area contributed by atoms with Gasteiger partial charge in [-0.2, -0.15) is 5.14 Å². The van der Waals surface area contributed by atoms with Crippen molar-refractivity contribution in [1.29, 1.82) is 0 Å². The molecule has 0 saturated heterocycles. The molecule has 0 heterocycles. The molecule has 2 atom stereocenters. The fourth-order valence-corrected chi connectivity index (χ4v) is 2.02. The van der Waals surface area contributed by atoms with Crippen LogP contribution in [0.4, 0.5) is 0 Å². The lowest BCUT2D eigenvalue weighted by molar-refractivity contribution is 0.483. The molecule has 0 saturated carbocycles. The largest absolute Gasteiger partial charge is 0.598 e. The molecule has 0 rings (SSSR count). The van der Waals surface area contributed by atoms with Crippen LogP contribution in [0.15, 0.2) is 12.2 Å². The Morgan fingerprint density at radius 2 is 2.00 bits per heavy atom. The maximum atomic E-state index is 11.4. The molecule has 0 aromatic heterocycles. The van der Waals surface area contributed by atoms with Gasteiger partial charge in [-0.25, -0.2) is 0 Å². The van der Waals surface area contributed by atoms with Crippen molar-refractivity contribution in [1.82, 2.24) is 0 Å². The van der Waals surface area contributed by atoms with E-state index in [1.54, 1.807) is 0 Å². The second kappa shape index (κ2) is 5.79. The van der Waals surface area contributed by atoms with Crippen LogP contribution in [0.25, 0.3) is 0 Å². The molecule has 0 aliphatic rings. The highest BCUT2D eigenvalue weighted by Crippen LogP contribution is 2.32. The third-order valence-corrected chi connectivity index (χ3v) is 4.17. The van der Waals surface area contributed by atoms with Gasteiger partial charge in [0.25, 0.3) is 0 Å². The van der Waals surface area contributed by atoms with Crippen molar-refractivity contribution in [3.63, 3.8) is 0 Å². The zero-order chi connectivity index (χ0) is 11.4. The Kier molecular flexibility index (Phi) is 5.79. The normalized spacial score (nSPS) is 16.4. The highest BCUT2D eigenvalue weighted by molar-refractivity contribution is 7.90. The quantitative estimate of drug-likeness (QED) is 0.549. The minimum Gasteiger partial charge on any atom is -0.598 e. The lowest BCUT2D eigenvalue weighted by atomic mass is 9.86. The molecular weight excluding hydrogens is 194 g/mol. The Morgan fingerprint density at radius 3 is 2.29 bits per heavy atom. The average molecular weight is 217 g/mol. The van der Waals surface area contributed by atoms with Crippen molar-refractivity contribution < 1.29 is 4.55 Å². The zero-order valence-corrected chi connectivity index (χ0v) is 10.6. The van der Waals surface area contributed by atoms with Crippen LogP contribution in [0.3, 0.4) is 0 Å². The zero-order valence-electron chi connectivity index (χ0n) is 9.80. The van der Waals surface area contributed by atoms with Crippen molar-refractivity contribution in [2.45, 2.75) is 51.7 Å². The van der Waals surface area contributed by atoms with Crippen LogP contribution < -0.4 is 5.14 Å². The van der Waals surface area contributed by atoms with E-state index in [0.29, 0.717) is 5.92 Å². The first kappa shape index (κ1) is 14.0. The second-order valence-corrected chi connectivity index (χ2v) is 5.84. The van der Waals surface area contributed by atoms with E-state index in [0.717, 1.165) is 24.8 Å². The third-order valence-electron chi connectivity index (χ3n) is 2.90. The molecule has 0 spiro atoms. The predicted octanol–water partition coefficient (Wildman–Crippen LogP) is 2.77. The molecule has 2 nitrogen and oxygen atoms in total. The van der Waals surface area contributed by atoms with Gasteiger partial charge in [-0.1, -0.05) is 26.8 Å². The minimum absolute atomic E-state index is 0.447. The van der Waals surface area contributed by atoms with E-state index in [2.05, 4.69) is 20.4 Å². The molecule has 2 unspecified atom stereocenters. The molecule has 14 heavy (non-hydrogen) atoms. The summed E-state index contributed by atoms with van der Waals surface area (Å²) >= 11 is -1.33. The van der Waals surface area contributed by atoms with E-state index in [-0.39, 0.29) is 0 Å². The fourth-order valence-electron chi connectivity index (χ4n) is 1.59. The van der Waals surface area contributed by atoms with Crippen molar-refractivity contribution in [2.75, 3.05) is 0 Å². The summed E-state index contributed by atoms with van der Waals surface area (Å²) in [5, 5.41) is 5.47. The predicted molar refractivity (Wildman–Crippen MR) is 64.2 cm³/mol. The Morgan fingerprint density at radius 1 is 1.50 bits per heavy atom. The lowest BCUT2D eigenvalue weighted by Gasteiger charge is -2.31. The van der Waals surface area contributed by atoms with Crippen LogP contribution in [-0.2, 0) is 11.4 Å². The van der Waals surface area contributed by atoms with Crippen molar-refractivity contribution in [3.05, 3.63) is 12.2 Å². The summed E-state index contributed by atoms with van der Waals surface area (Å²) in [6.07, 6.45) is 3.29. The molecule has 0 aliphatic heterocycles. The van der Waals surface area contributed by atoms with E-state index >= 15 is 0 Å². The van der Waals surface area contributed by atoms with Crippen LogP contribution in [0.5, 0.6) is 0 Å². The first-order valence-electron chi connectivity index (χ1n) is 5.23. The van der Waals surface area contributed by atoms with Crippen molar-refractivity contribution >= 4 is 11.4 Å². The van der Waals surface area contributed by atoms with Gasteiger partial charge in [0, 0.05) is 11.4 Å². The topological polar surface area (TPSA) is 49.1 Å². The monoisotopic (exact) mass is 217 g/mol. The van der Waals surface area contributed by atoms with Gasteiger partial charge in [-0.05, 0) is 38.2 Å². The first-order chi connectivity index (χ1) is 6.37. The van der Waals surface area contributed by atoms with Gasteiger partial charge >= 0.3 is 0 Å². The SMILES string of the molecule is C=C(C(CC)CCC)C(C)(C)[S+](N)[O-]. The van der Waals surface area contributed by atoms with Gasteiger partial charge in [0.05, 0.1) is 0 Å². The lowest BCUT2D eigenvalue weighted by Crippen LogP contribution is -2.41. The molecule has 0 aromatic rings. The number of rotatable bonds is 6. The first-order valence-corrected chi connectivity index (χ1v) is 6.44. The van der Waals surface area contributed by atoms with E-state index in [1.807, 2.05) is 13.8 Å². The molecule has 0 amide bonds. The number of nitrogens with two attached hydrogens (primary N) is 1. The summed E-state index contributed by atoms with van der Waals surface area (Å²) in [6, 6.07) is 0. The standard InChI is InChI=1S/C11H23NOS/c1-6-8-10(7-2)9(3)11(4,5)14(12)13/h10H,3,6-8,12H2,1-2,4-5H3. The van der Waals surface area contributed by atoms with Crippen LogP contribution >= 0.6 is 0 Å². The summed E-state index contributed by atoms with van der Waals surface area (Å²) in [5.41, 5.74) is 1.03. The van der Waals surface area contributed by atoms with Crippen LogP contribution in [0, 0.1) is 5.92 Å². The minimum atomic E-state index is -1.33. The van der Waals surface area contributed by atoms with Gasteiger partial charge in [0.2, 0.25) is 0 Å². The van der Waals surface area contributed by atoms with E-state index in [9.17, 15) is 4.55 Å². The molecule has 0 bridgehead atoms. The number of hydrogen-bond donors (Lipinski definition) is 1. The van der Waals surface area contributed by atoms with Crippen LogP contribution in [0.2, 0.25) is 0 Å². The smallest absolute Gasteiger partial charge is 0.160 e. The van der Waals surface area contributed by atoms with Gasteiger partial charge < -0.3 is 4.55 Å². The average Bonchev–Trinajstić information content (AvgIpc) is 2.12. The molecular formula is C11H23NOS.